The third-order valence-corrected chi connectivity index (χ3v) is 8.14. The molecule has 0 saturated heterocycles. The lowest BCUT2D eigenvalue weighted by molar-refractivity contribution is 0.479. The number of hydrogen-bond donors (Lipinski definition) is 7. The number of hydrazine groups is 1. The van der Waals surface area contributed by atoms with Crippen molar-refractivity contribution in [2.24, 2.45) is 0 Å². The molecule has 0 spiro atoms. The van der Waals surface area contributed by atoms with Crippen LogP contribution in [0.1, 0.15) is 16.7 Å². The van der Waals surface area contributed by atoms with Gasteiger partial charge in [-0.1, -0.05) is 12.1 Å². The van der Waals surface area contributed by atoms with Gasteiger partial charge in [0.25, 0.3) is 30.4 Å². The number of anilines is 4. The molecule has 0 saturated carbocycles. The fourth-order valence-electron chi connectivity index (χ4n) is 3.57. The summed E-state index contributed by atoms with van der Waals surface area (Å²) in [5.74, 6) is 0. The molecule has 3 rings (SSSR count). The number of nitrogens with two attached hydrogens (primary N) is 2. The van der Waals surface area contributed by atoms with E-state index in [4.69, 9.17) is 11.5 Å². The van der Waals surface area contributed by atoms with E-state index in [9.17, 15) is 38.9 Å². The number of rotatable bonds is 9. The Bertz CT molecular complexity index is 1690. The third kappa shape index (κ3) is 6.88. The van der Waals surface area contributed by atoms with E-state index in [1.165, 1.54) is 30.3 Å². The van der Waals surface area contributed by atoms with E-state index in [2.05, 4.69) is 10.9 Å². The van der Waals surface area contributed by atoms with Crippen molar-refractivity contribution < 1.29 is 38.9 Å². The molecule has 0 radical (unpaired) electrons. The first kappa shape index (κ1) is 28.2. The van der Waals surface area contributed by atoms with Gasteiger partial charge in [0.2, 0.25) is 0 Å². The molecule has 13 nitrogen and oxygen atoms in total. The topological polar surface area (TPSA) is 239 Å². The molecular formula is C21H24N4O9S3. The van der Waals surface area contributed by atoms with E-state index in [-0.39, 0.29) is 46.7 Å². The minimum absolute atomic E-state index is 0.00795. The van der Waals surface area contributed by atoms with Crippen molar-refractivity contribution in [3.05, 3.63) is 65.2 Å². The standard InChI is InChI=1S/C21H24N4O9S3/c1-12-8-17(23)21(37(32,33)34)11-18(12)25-24-16-7-5-14(20(10-16)36(29,30)31)3-2-13-4-6-15(22)9-19(13)35(26,27)28/h4-11,24-25H,2-3,22-23H2,1H3,(H,26,27,28)(H,29,30,31)(H,32,33,34). The van der Waals surface area contributed by atoms with Gasteiger partial charge in [-0.05, 0) is 72.9 Å². The molecule has 0 amide bonds. The minimum atomic E-state index is -4.71. The van der Waals surface area contributed by atoms with Gasteiger partial charge in [-0.15, -0.1) is 0 Å². The van der Waals surface area contributed by atoms with Gasteiger partial charge < -0.3 is 22.3 Å². The van der Waals surface area contributed by atoms with Gasteiger partial charge >= 0.3 is 0 Å². The second-order valence-electron chi connectivity index (χ2n) is 8.07. The number of nitrogen functional groups attached to an aromatic ring is 2. The average molecular weight is 573 g/mol. The summed E-state index contributed by atoms with van der Waals surface area (Å²) in [6.07, 6.45) is -0.0317. The molecule has 0 atom stereocenters. The van der Waals surface area contributed by atoms with Crippen LogP contribution in [-0.4, -0.2) is 38.9 Å². The monoisotopic (exact) mass is 572 g/mol. The summed E-state index contributed by atoms with van der Waals surface area (Å²) in [5.41, 5.74) is 17.8. The molecule has 0 heterocycles. The predicted molar refractivity (Wildman–Crippen MR) is 137 cm³/mol. The Hall–Kier alpha value is -3.41. The highest BCUT2D eigenvalue weighted by Gasteiger charge is 2.20. The largest absolute Gasteiger partial charge is 0.399 e. The lowest BCUT2D eigenvalue weighted by Gasteiger charge is -2.16. The maximum absolute atomic E-state index is 12.1. The molecule has 3 aromatic rings. The zero-order valence-electron chi connectivity index (χ0n) is 19.2. The van der Waals surface area contributed by atoms with Crippen molar-refractivity contribution in [2.75, 3.05) is 22.3 Å². The first-order chi connectivity index (χ1) is 17.0. The molecule has 0 aliphatic heterocycles. The van der Waals surface area contributed by atoms with Crippen molar-refractivity contribution in [1.29, 1.82) is 0 Å². The van der Waals surface area contributed by atoms with Gasteiger partial charge in [0, 0.05) is 5.69 Å². The van der Waals surface area contributed by atoms with Gasteiger partial charge in [-0.3, -0.25) is 13.7 Å². The second kappa shape index (κ2) is 10.2. The minimum Gasteiger partial charge on any atom is -0.399 e. The van der Waals surface area contributed by atoms with Crippen molar-refractivity contribution >= 4 is 53.1 Å². The van der Waals surface area contributed by atoms with Gasteiger partial charge in [-0.25, -0.2) is 0 Å². The zero-order chi connectivity index (χ0) is 27.8. The van der Waals surface area contributed by atoms with Crippen LogP contribution < -0.4 is 22.3 Å². The fourth-order valence-corrected chi connectivity index (χ4v) is 5.76. The van der Waals surface area contributed by atoms with Crippen molar-refractivity contribution in [3.63, 3.8) is 0 Å². The fraction of sp³-hybridized carbons (Fsp3) is 0.143. The molecule has 37 heavy (non-hydrogen) atoms. The molecule has 0 unspecified atom stereocenters. The maximum atomic E-state index is 12.1. The quantitative estimate of drug-likeness (QED) is 0.111. The van der Waals surface area contributed by atoms with Gasteiger partial charge in [-0.2, -0.15) is 25.3 Å². The first-order valence-corrected chi connectivity index (χ1v) is 14.6. The summed E-state index contributed by atoms with van der Waals surface area (Å²) < 4.78 is 99.1. The molecule has 0 fully saturated rings. The third-order valence-electron chi connectivity index (χ3n) is 5.35. The number of benzene rings is 3. The van der Waals surface area contributed by atoms with Crippen LogP contribution in [0, 0.1) is 6.92 Å². The Kier molecular flexibility index (Phi) is 7.73. The van der Waals surface area contributed by atoms with Crippen LogP contribution in [0.3, 0.4) is 0 Å². The molecule has 0 aliphatic rings. The molecule has 9 N–H and O–H groups in total. The maximum Gasteiger partial charge on any atom is 0.296 e. The van der Waals surface area contributed by atoms with Crippen molar-refractivity contribution in [2.45, 2.75) is 34.5 Å². The van der Waals surface area contributed by atoms with Crippen molar-refractivity contribution in [3.8, 4) is 0 Å². The summed E-state index contributed by atoms with van der Waals surface area (Å²) in [6, 6.07) is 10.3. The van der Waals surface area contributed by atoms with Crippen LogP contribution in [0.25, 0.3) is 0 Å². The van der Waals surface area contributed by atoms with Crippen LogP contribution in [0.4, 0.5) is 22.7 Å². The summed E-state index contributed by atoms with van der Waals surface area (Å²) >= 11 is 0. The Balaban J connectivity index is 1.89. The molecular weight excluding hydrogens is 548 g/mol. The average Bonchev–Trinajstić information content (AvgIpc) is 2.75. The van der Waals surface area contributed by atoms with Gasteiger partial charge in [0.05, 0.1) is 26.9 Å². The van der Waals surface area contributed by atoms with E-state index < -0.39 is 45.0 Å². The van der Waals surface area contributed by atoms with E-state index >= 15 is 0 Å². The van der Waals surface area contributed by atoms with Crippen LogP contribution >= 0.6 is 0 Å². The smallest absolute Gasteiger partial charge is 0.296 e. The van der Waals surface area contributed by atoms with E-state index in [1.807, 2.05) is 0 Å². The number of nitrogens with one attached hydrogen (secondary N) is 2. The zero-order valence-corrected chi connectivity index (χ0v) is 21.7. The van der Waals surface area contributed by atoms with Crippen molar-refractivity contribution in [1.82, 2.24) is 0 Å². The van der Waals surface area contributed by atoms with Crippen LogP contribution in [-0.2, 0) is 43.2 Å². The highest BCUT2D eigenvalue weighted by atomic mass is 32.2. The predicted octanol–water partition coefficient (Wildman–Crippen LogP) is 2.12. The second-order valence-corrected chi connectivity index (χ2v) is 12.2. The molecule has 0 bridgehead atoms. The summed E-state index contributed by atoms with van der Waals surface area (Å²) in [4.78, 5) is -1.40. The highest BCUT2D eigenvalue weighted by Crippen LogP contribution is 2.28. The molecule has 0 aliphatic carbocycles. The normalized spacial score (nSPS) is 12.3. The molecule has 3 aromatic carbocycles. The first-order valence-electron chi connectivity index (χ1n) is 10.3. The lowest BCUT2D eigenvalue weighted by atomic mass is 10.0. The lowest BCUT2D eigenvalue weighted by Crippen LogP contribution is -2.13. The van der Waals surface area contributed by atoms with Crippen LogP contribution in [0.2, 0.25) is 0 Å². The van der Waals surface area contributed by atoms with Gasteiger partial charge in [0.1, 0.15) is 4.90 Å². The van der Waals surface area contributed by atoms with Crippen LogP contribution in [0.15, 0.2) is 63.2 Å². The summed E-state index contributed by atoms with van der Waals surface area (Å²) in [5, 5.41) is 0. The number of aryl methyl sites for hydroxylation is 3. The molecule has 16 heteroatoms. The van der Waals surface area contributed by atoms with E-state index in [0.717, 1.165) is 18.2 Å². The van der Waals surface area contributed by atoms with E-state index in [1.54, 1.807) is 6.92 Å². The molecule has 200 valence electrons. The van der Waals surface area contributed by atoms with Gasteiger partial charge in [0.15, 0.2) is 0 Å². The SMILES string of the molecule is Cc1cc(N)c(S(=O)(=O)O)cc1NNc1ccc(CCc2ccc(N)cc2S(=O)(=O)O)c(S(=O)(=O)O)c1. The Morgan fingerprint density at radius 1 is 0.676 bits per heavy atom. The molecule has 0 aromatic heterocycles. The number of hydrogen-bond acceptors (Lipinski definition) is 10. The summed E-state index contributed by atoms with van der Waals surface area (Å²) in [6.45, 7) is 1.61. The highest BCUT2D eigenvalue weighted by molar-refractivity contribution is 7.86. The Labute approximate surface area is 213 Å². The Morgan fingerprint density at radius 2 is 1.19 bits per heavy atom. The van der Waals surface area contributed by atoms with E-state index in [0.29, 0.717) is 5.56 Å². The Morgan fingerprint density at radius 3 is 1.73 bits per heavy atom. The van der Waals surface area contributed by atoms with Crippen LogP contribution in [0.5, 0.6) is 0 Å². The summed E-state index contributed by atoms with van der Waals surface area (Å²) in [7, 11) is -13.9.